The fraction of sp³-hybridized carbons (Fsp3) is 0.200. The van der Waals surface area contributed by atoms with E-state index in [1.165, 1.54) is 22.6 Å². The van der Waals surface area contributed by atoms with E-state index in [2.05, 4.69) is 65.7 Å². The molecule has 0 amide bonds. The van der Waals surface area contributed by atoms with Gasteiger partial charge >= 0.3 is 0 Å². The van der Waals surface area contributed by atoms with Crippen molar-refractivity contribution in [1.82, 2.24) is 0 Å². The zero-order valence-electron chi connectivity index (χ0n) is 9.98. The molecular formula is C15H16N2. The molecule has 1 N–H and O–H groups in total. The lowest BCUT2D eigenvalue weighted by molar-refractivity contribution is 0.926. The molecule has 0 unspecified atom stereocenters. The van der Waals surface area contributed by atoms with Gasteiger partial charge in [-0.1, -0.05) is 29.8 Å². The van der Waals surface area contributed by atoms with Crippen LogP contribution in [-0.4, -0.2) is 13.1 Å². The molecule has 2 aromatic rings. The lowest BCUT2D eigenvalue weighted by atomic mass is 10.1. The van der Waals surface area contributed by atoms with Crippen molar-refractivity contribution in [2.75, 3.05) is 23.3 Å². The maximum Gasteiger partial charge on any atom is 0.0647 e. The van der Waals surface area contributed by atoms with Gasteiger partial charge in [0.2, 0.25) is 0 Å². The molecule has 2 aromatic carbocycles. The summed E-state index contributed by atoms with van der Waals surface area (Å²) < 4.78 is 0. The van der Waals surface area contributed by atoms with Crippen molar-refractivity contribution in [3.05, 3.63) is 54.1 Å². The standard InChI is InChI=1S/C15H16N2/c1-12-6-8-13(9-7-12)17-11-10-16-14-4-2-3-5-15(14)17/h2-9,16H,10-11H2,1H3. The molecule has 1 aliphatic heterocycles. The minimum Gasteiger partial charge on any atom is -0.382 e. The van der Waals surface area contributed by atoms with Gasteiger partial charge in [-0.25, -0.2) is 0 Å². The monoisotopic (exact) mass is 224 g/mol. The number of aryl methyl sites for hydroxylation is 1. The van der Waals surface area contributed by atoms with Crippen molar-refractivity contribution in [2.24, 2.45) is 0 Å². The summed E-state index contributed by atoms with van der Waals surface area (Å²) in [5, 5.41) is 3.43. The van der Waals surface area contributed by atoms with Crippen molar-refractivity contribution in [3.8, 4) is 0 Å². The first-order valence-electron chi connectivity index (χ1n) is 6.02. The van der Waals surface area contributed by atoms with Crippen LogP contribution in [0.15, 0.2) is 48.5 Å². The average Bonchev–Trinajstić information content (AvgIpc) is 2.39. The molecule has 0 saturated heterocycles. The smallest absolute Gasteiger partial charge is 0.0647 e. The molecule has 0 aromatic heterocycles. The van der Waals surface area contributed by atoms with Crippen molar-refractivity contribution in [2.45, 2.75) is 6.92 Å². The first-order valence-corrected chi connectivity index (χ1v) is 6.02. The van der Waals surface area contributed by atoms with Crippen molar-refractivity contribution in [1.29, 1.82) is 0 Å². The molecular weight excluding hydrogens is 208 g/mol. The van der Waals surface area contributed by atoms with E-state index in [1.54, 1.807) is 0 Å². The Bertz CT molecular complexity index is 517. The molecule has 0 aliphatic carbocycles. The predicted molar refractivity (Wildman–Crippen MR) is 73.1 cm³/mol. The highest BCUT2D eigenvalue weighted by atomic mass is 15.2. The summed E-state index contributed by atoms with van der Waals surface area (Å²) in [6.45, 7) is 4.13. The first-order chi connectivity index (χ1) is 8.34. The number of benzene rings is 2. The summed E-state index contributed by atoms with van der Waals surface area (Å²) in [7, 11) is 0. The number of anilines is 3. The minimum atomic E-state index is 0.991. The third kappa shape index (κ3) is 1.86. The van der Waals surface area contributed by atoms with E-state index in [0.29, 0.717) is 0 Å². The molecule has 2 nitrogen and oxygen atoms in total. The Labute approximate surface area is 102 Å². The molecule has 0 fully saturated rings. The van der Waals surface area contributed by atoms with E-state index < -0.39 is 0 Å². The highest BCUT2D eigenvalue weighted by molar-refractivity contribution is 5.78. The molecule has 86 valence electrons. The highest BCUT2D eigenvalue weighted by Crippen LogP contribution is 2.34. The number of para-hydroxylation sites is 2. The lowest BCUT2D eigenvalue weighted by Crippen LogP contribution is -2.29. The molecule has 0 spiro atoms. The molecule has 2 heteroatoms. The SMILES string of the molecule is Cc1ccc(N2CCNc3ccccc32)cc1. The van der Waals surface area contributed by atoms with Gasteiger partial charge in [0.25, 0.3) is 0 Å². The third-order valence-electron chi connectivity index (χ3n) is 3.19. The van der Waals surface area contributed by atoms with Gasteiger partial charge in [-0.3, -0.25) is 0 Å². The first kappa shape index (κ1) is 10.2. The molecule has 1 aliphatic rings. The van der Waals surface area contributed by atoms with E-state index in [9.17, 15) is 0 Å². The number of hydrogen-bond acceptors (Lipinski definition) is 2. The molecule has 0 saturated carbocycles. The van der Waals surface area contributed by atoms with Crippen LogP contribution in [-0.2, 0) is 0 Å². The highest BCUT2D eigenvalue weighted by Gasteiger charge is 2.16. The summed E-state index contributed by atoms with van der Waals surface area (Å²) in [6, 6.07) is 17.2. The van der Waals surface area contributed by atoms with Gasteiger partial charge in [0.1, 0.15) is 0 Å². The maximum absolute atomic E-state index is 3.43. The van der Waals surface area contributed by atoms with Crippen molar-refractivity contribution in [3.63, 3.8) is 0 Å². The largest absolute Gasteiger partial charge is 0.382 e. The van der Waals surface area contributed by atoms with Gasteiger partial charge in [0.05, 0.1) is 11.4 Å². The number of fused-ring (bicyclic) bond motifs is 1. The number of nitrogens with one attached hydrogen (secondary N) is 1. The molecule has 17 heavy (non-hydrogen) atoms. The van der Waals surface area contributed by atoms with Crippen LogP contribution in [0.25, 0.3) is 0 Å². The Morgan fingerprint density at radius 3 is 2.59 bits per heavy atom. The van der Waals surface area contributed by atoms with Crippen molar-refractivity contribution >= 4 is 17.1 Å². The zero-order chi connectivity index (χ0) is 11.7. The van der Waals surface area contributed by atoms with Gasteiger partial charge < -0.3 is 10.2 Å². The molecule has 0 atom stereocenters. The van der Waals surface area contributed by atoms with Gasteiger partial charge in [0, 0.05) is 18.8 Å². The van der Waals surface area contributed by atoms with Crippen LogP contribution < -0.4 is 10.2 Å². The second-order valence-corrected chi connectivity index (χ2v) is 4.43. The fourth-order valence-electron chi connectivity index (χ4n) is 2.27. The Hall–Kier alpha value is -1.96. The Morgan fingerprint density at radius 2 is 1.76 bits per heavy atom. The number of hydrogen-bond donors (Lipinski definition) is 1. The maximum atomic E-state index is 3.43. The van der Waals surface area contributed by atoms with E-state index in [1.807, 2.05) is 0 Å². The van der Waals surface area contributed by atoms with Crippen LogP contribution >= 0.6 is 0 Å². The summed E-state index contributed by atoms with van der Waals surface area (Å²) in [4.78, 5) is 2.37. The van der Waals surface area contributed by atoms with Gasteiger partial charge in [-0.05, 0) is 31.2 Å². The molecule has 0 bridgehead atoms. The average molecular weight is 224 g/mol. The van der Waals surface area contributed by atoms with Gasteiger partial charge in [0.15, 0.2) is 0 Å². The second kappa shape index (κ2) is 4.13. The van der Waals surface area contributed by atoms with E-state index >= 15 is 0 Å². The molecule has 3 rings (SSSR count). The third-order valence-corrected chi connectivity index (χ3v) is 3.19. The normalized spacial score (nSPS) is 14.1. The van der Waals surface area contributed by atoms with Gasteiger partial charge in [-0.2, -0.15) is 0 Å². The summed E-state index contributed by atoms with van der Waals surface area (Å²) in [5.41, 5.74) is 5.06. The topological polar surface area (TPSA) is 15.3 Å². The quantitative estimate of drug-likeness (QED) is 0.796. The minimum absolute atomic E-state index is 0.991. The van der Waals surface area contributed by atoms with E-state index in [4.69, 9.17) is 0 Å². The Kier molecular flexibility index (Phi) is 2.48. The Balaban J connectivity index is 2.03. The number of rotatable bonds is 1. The summed E-state index contributed by atoms with van der Waals surface area (Å²) >= 11 is 0. The van der Waals surface area contributed by atoms with Crippen LogP contribution in [0.2, 0.25) is 0 Å². The van der Waals surface area contributed by atoms with Crippen LogP contribution in [0.5, 0.6) is 0 Å². The van der Waals surface area contributed by atoms with Crippen LogP contribution in [0.4, 0.5) is 17.1 Å². The fourth-order valence-corrected chi connectivity index (χ4v) is 2.27. The van der Waals surface area contributed by atoms with Crippen LogP contribution in [0.1, 0.15) is 5.56 Å². The van der Waals surface area contributed by atoms with Crippen LogP contribution in [0, 0.1) is 6.92 Å². The number of nitrogens with zero attached hydrogens (tertiary/aromatic N) is 1. The lowest BCUT2D eigenvalue weighted by Gasteiger charge is -2.32. The summed E-state index contributed by atoms with van der Waals surface area (Å²) in [5.74, 6) is 0. The Morgan fingerprint density at radius 1 is 1.00 bits per heavy atom. The second-order valence-electron chi connectivity index (χ2n) is 4.43. The van der Waals surface area contributed by atoms with Crippen molar-refractivity contribution < 1.29 is 0 Å². The van der Waals surface area contributed by atoms with E-state index in [0.717, 1.165) is 13.1 Å². The van der Waals surface area contributed by atoms with E-state index in [-0.39, 0.29) is 0 Å². The molecule has 0 radical (unpaired) electrons. The van der Waals surface area contributed by atoms with Crippen LogP contribution in [0.3, 0.4) is 0 Å². The molecule has 1 heterocycles. The predicted octanol–water partition coefficient (Wildman–Crippen LogP) is 3.56. The zero-order valence-corrected chi connectivity index (χ0v) is 9.98. The summed E-state index contributed by atoms with van der Waals surface area (Å²) in [6.07, 6.45) is 0. The van der Waals surface area contributed by atoms with Gasteiger partial charge in [-0.15, -0.1) is 0 Å².